The highest BCUT2D eigenvalue weighted by Crippen LogP contribution is 2.52. The lowest BCUT2D eigenvalue weighted by Crippen LogP contribution is -2.55. The molecule has 6 rings (SSSR count). The molecule has 1 atom stereocenters. The fraction of sp³-hybridized carbons (Fsp3) is 0.581. The molecule has 1 aromatic heterocycles. The molecule has 1 unspecified atom stereocenters. The van der Waals surface area contributed by atoms with Crippen molar-refractivity contribution in [2.75, 3.05) is 34.2 Å². The number of hydrogen-bond acceptors (Lipinski definition) is 7. The third-order valence-electron chi connectivity index (χ3n) is 9.85. The number of carbonyl (C=O) groups is 3. The molecule has 11 nitrogen and oxygen atoms in total. The third-order valence-corrected chi connectivity index (χ3v) is 9.85. The second-order valence-corrected chi connectivity index (χ2v) is 12.8. The fourth-order valence-corrected chi connectivity index (χ4v) is 7.08. The molecule has 1 aromatic carbocycles. The second-order valence-electron chi connectivity index (χ2n) is 12.8. The molecule has 0 radical (unpaired) electrons. The average Bonchev–Trinajstić information content (AvgIpc) is 3.25. The summed E-state index contributed by atoms with van der Waals surface area (Å²) in [6.45, 7) is 5.88. The normalized spacial score (nSPS) is 24.7. The Bertz CT molecular complexity index is 1510. The Balaban J connectivity index is 1.56. The molecule has 4 heterocycles. The fourth-order valence-electron chi connectivity index (χ4n) is 7.08. The van der Waals surface area contributed by atoms with Crippen LogP contribution in [0.4, 0.5) is 4.39 Å². The number of aromatic nitrogens is 2. The topological polar surface area (TPSA) is 128 Å². The first kappa shape index (κ1) is 30.7. The number of rotatable bonds is 6. The van der Waals surface area contributed by atoms with Gasteiger partial charge in [0.1, 0.15) is 17.2 Å². The number of fused-ring (bicyclic) bond motifs is 2. The predicted molar refractivity (Wildman–Crippen MR) is 157 cm³/mol. The number of benzene rings is 1. The van der Waals surface area contributed by atoms with Gasteiger partial charge in [0.25, 0.3) is 11.5 Å². The molecule has 3 aliphatic heterocycles. The molecule has 1 aliphatic carbocycles. The van der Waals surface area contributed by atoms with Gasteiger partial charge in [0.2, 0.25) is 5.75 Å². The maximum Gasteiger partial charge on any atom is 0.312 e. The number of halogens is 1. The highest BCUT2D eigenvalue weighted by atomic mass is 19.1. The molecule has 0 spiro atoms. The van der Waals surface area contributed by atoms with E-state index in [9.17, 15) is 28.7 Å². The van der Waals surface area contributed by atoms with Crippen molar-refractivity contribution in [1.82, 2.24) is 29.6 Å². The van der Waals surface area contributed by atoms with Crippen molar-refractivity contribution in [3.05, 3.63) is 57.0 Å². The zero-order valence-electron chi connectivity index (χ0n) is 25.6. The van der Waals surface area contributed by atoms with E-state index in [1.165, 1.54) is 34.5 Å². The Labute approximate surface area is 250 Å². The maximum atomic E-state index is 13.8. The first-order chi connectivity index (χ1) is 20.3. The molecule has 2 N–H and O–H groups in total. The lowest BCUT2D eigenvalue weighted by atomic mass is 9.67. The summed E-state index contributed by atoms with van der Waals surface area (Å²) in [5, 5.41) is 13.7. The first-order valence-corrected chi connectivity index (χ1v) is 14.9. The summed E-state index contributed by atoms with van der Waals surface area (Å²) in [5.74, 6) is -3.14. The van der Waals surface area contributed by atoms with Crippen LogP contribution in [0.25, 0.3) is 0 Å². The highest BCUT2D eigenvalue weighted by Gasteiger charge is 2.55. The number of likely N-dealkylation sites (N-methyl/N-ethyl adjacent to an activating group) is 2. The molecule has 3 amide bonds. The summed E-state index contributed by atoms with van der Waals surface area (Å²) >= 11 is 0. The van der Waals surface area contributed by atoms with Crippen LogP contribution in [-0.4, -0.2) is 87.4 Å². The van der Waals surface area contributed by atoms with Gasteiger partial charge in [-0.1, -0.05) is 12.1 Å². The summed E-state index contributed by atoms with van der Waals surface area (Å²) in [7, 11) is 4.55. The van der Waals surface area contributed by atoms with Gasteiger partial charge in [-0.05, 0) is 76.1 Å². The summed E-state index contributed by atoms with van der Waals surface area (Å²) in [6, 6.07) is 4.87. The van der Waals surface area contributed by atoms with Gasteiger partial charge in [-0.25, -0.2) is 9.37 Å². The van der Waals surface area contributed by atoms with Gasteiger partial charge in [0.05, 0.1) is 0 Å². The van der Waals surface area contributed by atoms with Crippen molar-refractivity contribution >= 4 is 17.7 Å². The minimum atomic E-state index is -1.13. The Morgan fingerprint density at radius 1 is 1.14 bits per heavy atom. The van der Waals surface area contributed by atoms with E-state index in [1.807, 2.05) is 0 Å². The second kappa shape index (κ2) is 11.4. The summed E-state index contributed by atoms with van der Waals surface area (Å²) in [6.07, 6.45) is 4.48. The zero-order valence-corrected chi connectivity index (χ0v) is 25.6. The lowest BCUT2D eigenvalue weighted by molar-refractivity contribution is -0.155. The number of nitrogens with zero attached hydrogens (tertiary/aromatic N) is 5. The summed E-state index contributed by atoms with van der Waals surface area (Å²) in [4.78, 5) is 63.1. The van der Waals surface area contributed by atoms with E-state index >= 15 is 0 Å². The number of carbonyl (C=O) groups excluding carboxylic acids is 3. The largest absolute Gasteiger partial charge is 0.501 e. The minimum Gasteiger partial charge on any atom is -0.501 e. The lowest BCUT2D eigenvalue weighted by Gasteiger charge is -2.47. The number of amides is 3. The molecule has 12 heteroatoms. The van der Waals surface area contributed by atoms with Crippen molar-refractivity contribution in [2.45, 2.75) is 77.0 Å². The van der Waals surface area contributed by atoms with E-state index in [4.69, 9.17) is 0 Å². The van der Waals surface area contributed by atoms with Crippen LogP contribution in [0.3, 0.4) is 0 Å². The number of aromatic hydroxyl groups is 1. The summed E-state index contributed by atoms with van der Waals surface area (Å²) < 4.78 is 15.1. The molecule has 2 fully saturated rings. The SMILES string of the molecule is Cc1cc(CNC(=O)c2nc3n(c(=O)c2O)CC2(CN4CCCC4C)CCC3(N(C)C(=O)C(=O)N(C)C)CC2)ccc1F. The van der Waals surface area contributed by atoms with Gasteiger partial charge >= 0.3 is 11.8 Å². The summed E-state index contributed by atoms with van der Waals surface area (Å²) in [5.41, 5.74) is -1.56. The average molecular weight is 597 g/mol. The number of nitrogens with one attached hydrogen (secondary N) is 1. The van der Waals surface area contributed by atoms with Crippen molar-refractivity contribution in [3.8, 4) is 5.75 Å². The molecule has 2 aromatic rings. The Kier molecular flexibility index (Phi) is 8.10. The Morgan fingerprint density at radius 3 is 2.44 bits per heavy atom. The predicted octanol–water partition coefficient (Wildman–Crippen LogP) is 2.13. The van der Waals surface area contributed by atoms with E-state index in [-0.39, 0.29) is 30.1 Å². The van der Waals surface area contributed by atoms with E-state index in [2.05, 4.69) is 22.1 Å². The Morgan fingerprint density at radius 2 is 1.84 bits per heavy atom. The molecule has 1 saturated carbocycles. The van der Waals surface area contributed by atoms with Gasteiger partial charge in [-0.2, -0.15) is 0 Å². The minimum absolute atomic E-state index is 0.0253. The van der Waals surface area contributed by atoms with Crippen molar-refractivity contribution in [3.63, 3.8) is 0 Å². The van der Waals surface area contributed by atoms with Crippen molar-refractivity contribution in [1.29, 1.82) is 0 Å². The molecular formula is C31H41FN6O5. The van der Waals surface area contributed by atoms with Crippen LogP contribution < -0.4 is 10.9 Å². The molecule has 2 bridgehead atoms. The van der Waals surface area contributed by atoms with Gasteiger partial charge in [-0.15, -0.1) is 0 Å². The van der Waals surface area contributed by atoms with Crippen LogP contribution in [0.5, 0.6) is 5.75 Å². The third kappa shape index (κ3) is 5.41. The maximum absolute atomic E-state index is 13.8. The molecular weight excluding hydrogens is 555 g/mol. The first-order valence-electron chi connectivity index (χ1n) is 14.9. The quantitative estimate of drug-likeness (QED) is 0.489. The van der Waals surface area contributed by atoms with Gasteiger partial charge < -0.3 is 25.1 Å². The van der Waals surface area contributed by atoms with Crippen LogP contribution >= 0.6 is 0 Å². The van der Waals surface area contributed by atoms with Crippen LogP contribution in [0.2, 0.25) is 0 Å². The molecule has 232 valence electrons. The van der Waals surface area contributed by atoms with Crippen LogP contribution in [0, 0.1) is 18.2 Å². The monoisotopic (exact) mass is 596 g/mol. The zero-order chi connectivity index (χ0) is 31.3. The van der Waals surface area contributed by atoms with E-state index in [0.29, 0.717) is 42.9 Å². The van der Waals surface area contributed by atoms with E-state index in [0.717, 1.165) is 25.9 Å². The Hall–Kier alpha value is -3.80. The van der Waals surface area contributed by atoms with Crippen LogP contribution in [0.15, 0.2) is 23.0 Å². The number of hydrogen-bond donors (Lipinski definition) is 2. The van der Waals surface area contributed by atoms with Gasteiger partial charge in [0.15, 0.2) is 5.69 Å². The van der Waals surface area contributed by atoms with Crippen LogP contribution in [-0.2, 0) is 28.2 Å². The smallest absolute Gasteiger partial charge is 0.312 e. The molecule has 4 aliphatic rings. The molecule has 43 heavy (non-hydrogen) atoms. The van der Waals surface area contributed by atoms with E-state index in [1.54, 1.807) is 26.1 Å². The standard InChI is InChI=1S/C31H41FN6O5/c1-19-15-21(8-9-22(19)32)16-33-25(40)23-24(39)26(41)38-18-30(17-37-14-6-7-20(37)2)10-12-31(13-11-30,29(38)34-23)36(5)28(43)27(42)35(3)4/h8-9,15,20,39H,6-7,10-14,16-18H2,1-5H3,(H,33,40). The number of aryl methyl sites for hydroxylation is 1. The van der Waals surface area contributed by atoms with Crippen LogP contribution in [0.1, 0.15) is 72.9 Å². The number of likely N-dealkylation sites (tertiary alicyclic amines) is 1. The van der Waals surface area contributed by atoms with E-state index < -0.39 is 40.3 Å². The van der Waals surface area contributed by atoms with Crippen molar-refractivity contribution in [2.24, 2.45) is 5.41 Å². The molecule has 1 saturated heterocycles. The van der Waals surface area contributed by atoms with Crippen molar-refractivity contribution < 1.29 is 23.9 Å². The highest BCUT2D eigenvalue weighted by molar-refractivity contribution is 6.34. The van der Waals surface area contributed by atoms with Gasteiger partial charge in [0, 0.05) is 52.2 Å². The van der Waals surface area contributed by atoms with Gasteiger partial charge in [-0.3, -0.25) is 23.7 Å².